The van der Waals surface area contributed by atoms with E-state index in [0.717, 1.165) is 12.2 Å². The third kappa shape index (κ3) is 3.28. The average Bonchev–Trinajstić information content (AvgIpc) is 2.07. The molecule has 0 N–H and O–H groups in total. The Morgan fingerprint density at radius 3 is 2.55 bits per heavy atom. The lowest BCUT2D eigenvalue weighted by molar-refractivity contribution is 0.318. The lowest BCUT2D eigenvalue weighted by Crippen LogP contribution is -1.96. The van der Waals surface area contributed by atoms with E-state index in [0.29, 0.717) is 12.5 Å². The van der Waals surface area contributed by atoms with Crippen molar-refractivity contribution in [2.45, 2.75) is 6.42 Å². The minimum atomic E-state index is 0.660. The zero-order valence-corrected chi connectivity index (χ0v) is 7.05. The van der Waals surface area contributed by atoms with Crippen LogP contribution in [0.4, 0.5) is 0 Å². The Morgan fingerprint density at radius 2 is 1.91 bits per heavy atom. The van der Waals surface area contributed by atoms with Crippen molar-refractivity contribution in [2.24, 2.45) is 0 Å². The molecule has 0 unspecified atom stereocenters. The van der Waals surface area contributed by atoms with Gasteiger partial charge in [-0.1, -0.05) is 18.2 Å². The molecule has 1 aromatic rings. The fourth-order valence-corrected chi connectivity index (χ4v) is 0.870. The van der Waals surface area contributed by atoms with E-state index in [2.05, 4.69) is 0 Å². The molecule has 0 aromatic heterocycles. The molecule has 0 spiro atoms. The zero-order valence-electron chi connectivity index (χ0n) is 6.29. The molecular weight excluding hydrogens is 160 g/mol. The van der Waals surface area contributed by atoms with Crippen LogP contribution in [0.25, 0.3) is 0 Å². The lowest BCUT2D eigenvalue weighted by Gasteiger charge is -2.02. The fourth-order valence-electron chi connectivity index (χ4n) is 0.761. The molecule has 0 heterocycles. The van der Waals surface area contributed by atoms with Gasteiger partial charge in [0, 0.05) is 5.88 Å². The summed E-state index contributed by atoms with van der Waals surface area (Å²) >= 11 is 5.49. The second-order valence-electron chi connectivity index (χ2n) is 2.20. The first kappa shape index (κ1) is 8.41. The Hall–Kier alpha value is -0.690. The second-order valence-corrected chi connectivity index (χ2v) is 2.58. The third-order valence-corrected chi connectivity index (χ3v) is 1.56. The Morgan fingerprint density at radius 1 is 1.18 bits per heavy atom. The van der Waals surface area contributed by atoms with Crippen LogP contribution in [0.1, 0.15) is 6.42 Å². The van der Waals surface area contributed by atoms with Gasteiger partial charge < -0.3 is 4.74 Å². The summed E-state index contributed by atoms with van der Waals surface area (Å²) in [6.45, 7) is 0.702. The predicted molar refractivity (Wildman–Crippen MR) is 47.3 cm³/mol. The topological polar surface area (TPSA) is 9.23 Å². The van der Waals surface area contributed by atoms with E-state index in [4.69, 9.17) is 16.3 Å². The minimum absolute atomic E-state index is 0.660. The number of ether oxygens (including phenoxy) is 1. The van der Waals surface area contributed by atoms with Gasteiger partial charge in [-0.25, -0.2) is 0 Å². The summed E-state index contributed by atoms with van der Waals surface area (Å²) in [5.74, 6) is 1.57. The van der Waals surface area contributed by atoms with E-state index in [1.54, 1.807) is 0 Å². The van der Waals surface area contributed by atoms with Gasteiger partial charge in [0.15, 0.2) is 0 Å². The SMILES string of the molecule is ClCCCOc1ccccc1. The van der Waals surface area contributed by atoms with Gasteiger partial charge in [0.05, 0.1) is 6.61 Å². The zero-order chi connectivity index (χ0) is 7.94. The van der Waals surface area contributed by atoms with E-state index in [1.807, 2.05) is 30.3 Å². The van der Waals surface area contributed by atoms with Gasteiger partial charge in [-0.2, -0.15) is 0 Å². The van der Waals surface area contributed by atoms with Crippen molar-refractivity contribution in [1.29, 1.82) is 0 Å². The lowest BCUT2D eigenvalue weighted by atomic mass is 10.3. The van der Waals surface area contributed by atoms with Gasteiger partial charge >= 0.3 is 0 Å². The molecule has 11 heavy (non-hydrogen) atoms. The molecular formula is C9H11ClO. The van der Waals surface area contributed by atoms with Crippen LogP contribution < -0.4 is 4.74 Å². The Labute approximate surface area is 71.9 Å². The Balaban J connectivity index is 2.28. The predicted octanol–water partition coefficient (Wildman–Crippen LogP) is 2.69. The van der Waals surface area contributed by atoms with Crippen LogP contribution in [0.2, 0.25) is 0 Å². The van der Waals surface area contributed by atoms with Crippen LogP contribution in [-0.2, 0) is 0 Å². The minimum Gasteiger partial charge on any atom is -0.494 e. The van der Waals surface area contributed by atoms with Crippen molar-refractivity contribution in [2.75, 3.05) is 12.5 Å². The smallest absolute Gasteiger partial charge is 0.119 e. The maximum absolute atomic E-state index is 5.49. The molecule has 1 rings (SSSR count). The molecule has 2 heteroatoms. The second kappa shape index (κ2) is 5.03. The van der Waals surface area contributed by atoms with Gasteiger partial charge in [0.25, 0.3) is 0 Å². The van der Waals surface area contributed by atoms with Crippen molar-refractivity contribution in [3.63, 3.8) is 0 Å². The summed E-state index contributed by atoms with van der Waals surface area (Å²) < 4.78 is 5.36. The molecule has 0 aliphatic rings. The van der Waals surface area contributed by atoms with Crippen LogP contribution in [0.5, 0.6) is 5.75 Å². The van der Waals surface area contributed by atoms with Crippen LogP contribution in [0.3, 0.4) is 0 Å². The number of alkyl halides is 1. The summed E-state index contributed by atoms with van der Waals surface area (Å²) in [7, 11) is 0. The monoisotopic (exact) mass is 170 g/mol. The summed E-state index contributed by atoms with van der Waals surface area (Å²) in [6.07, 6.45) is 0.899. The summed E-state index contributed by atoms with van der Waals surface area (Å²) in [6, 6.07) is 9.75. The number of hydrogen-bond donors (Lipinski definition) is 0. The van der Waals surface area contributed by atoms with Crippen LogP contribution in [-0.4, -0.2) is 12.5 Å². The van der Waals surface area contributed by atoms with E-state index >= 15 is 0 Å². The highest BCUT2D eigenvalue weighted by Gasteiger charge is 1.88. The maximum Gasteiger partial charge on any atom is 0.119 e. The standard InChI is InChI=1S/C9H11ClO/c10-7-4-8-11-9-5-2-1-3-6-9/h1-3,5-6H,4,7-8H2. The largest absolute Gasteiger partial charge is 0.494 e. The van der Waals surface area contributed by atoms with E-state index in [1.165, 1.54) is 0 Å². The van der Waals surface area contributed by atoms with E-state index in [-0.39, 0.29) is 0 Å². The van der Waals surface area contributed by atoms with Crippen molar-refractivity contribution in [3.8, 4) is 5.75 Å². The van der Waals surface area contributed by atoms with Crippen molar-refractivity contribution in [1.82, 2.24) is 0 Å². The van der Waals surface area contributed by atoms with Crippen LogP contribution >= 0.6 is 11.6 Å². The van der Waals surface area contributed by atoms with E-state index in [9.17, 15) is 0 Å². The third-order valence-electron chi connectivity index (χ3n) is 1.29. The summed E-state index contributed by atoms with van der Waals surface area (Å²) in [5.41, 5.74) is 0. The molecule has 0 aliphatic carbocycles. The first-order valence-electron chi connectivity index (χ1n) is 3.67. The van der Waals surface area contributed by atoms with Gasteiger partial charge in [0.2, 0.25) is 0 Å². The molecule has 60 valence electrons. The summed E-state index contributed by atoms with van der Waals surface area (Å²) in [4.78, 5) is 0. The van der Waals surface area contributed by atoms with Crippen molar-refractivity contribution in [3.05, 3.63) is 30.3 Å². The molecule has 0 saturated carbocycles. The van der Waals surface area contributed by atoms with Crippen LogP contribution in [0.15, 0.2) is 30.3 Å². The van der Waals surface area contributed by atoms with Gasteiger partial charge in [-0.15, -0.1) is 11.6 Å². The van der Waals surface area contributed by atoms with Crippen molar-refractivity contribution >= 4 is 11.6 Å². The molecule has 0 radical (unpaired) electrons. The number of rotatable bonds is 4. The highest BCUT2D eigenvalue weighted by molar-refractivity contribution is 6.17. The number of para-hydroxylation sites is 1. The van der Waals surface area contributed by atoms with E-state index < -0.39 is 0 Å². The first-order valence-corrected chi connectivity index (χ1v) is 4.21. The highest BCUT2D eigenvalue weighted by Crippen LogP contribution is 2.08. The molecule has 0 aliphatic heterocycles. The van der Waals surface area contributed by atoms with Gasteiger partial charge in [-0.05, 0) is 18.6 Å². The fraction of sp³-hybridized carbons (Fsp3) is 0.333. The number of halogens is 1. The number of hydrogen-bond acceptors (Lipinski definition) is 1. The van der Waals surface area contributed by atoms with Crippen LogP contribution in [0, 0.1) is 0 Å². The van der Waals surface area contributed by atoms with Crippen molar-refractivity contribution < 1.29 is 4.74 Å². The molecule has 0 atom stereocenters. The maximum atomic E-state index is 5.49. The summed E-state index contributed by atoms with van der Waals surface area (Å²) in [5, 5.41) is 0. The molecule has 0 amide bonds. The number of benzene rings is 1. The molecule has 0 bridgehead atoms. The molecule has 1 aromatic carbocycles. The Kier molecular flexibility index (Phi) is 3.84. The normalized spacial score (nSPS) is 9.55. The van der Waals surface area contributed by atoms with Gasteiger partial charge in [-0.3, -0.25) is 0 Å². The average molecular weight is 171 g/mol. The molecule has 0 fully saturated rings. The molecule has 0 saturated heterocycles. The molecule has 1 nitrogen and oxygen atoms in total. The Bertz CT molecular complexity index is 186. The first-order chi connectivity index (χ1) is 5.43. The quantitative estimate of drug-likeness (QED) is 0.499. The van der Waals surface area contributed by atoms with Gasteiger partial charge in [0.1, 0.15) is 5.75 Å². The highest BCUT2D eigenvalue weighted by atomic mass is 35.5.